The van der Waals surface area contributed by atoms with Crippen LogP contribution in [0.1, 0.15) is 32.3 Å². The van der Waals surface area contributed by atoms with Gasteiger partial charge in [0.2, 0.25) is 5.91 Å². The molecule has 2 atom stereocenters. The average molecular weight is 362 g/mol. The number of nitrogens with zero attached hydrogens (tertiary/aromatic N) is 1. The Balaban J connectivity index is 1.96. The Labute approximate surface area is 153 Å². The van der Waals surface area contributed by atoms with E-state index in [0.717, 1.165) is 5.56 Å². The van der Waals surface area contributed by atoms with Crippen molar-refractivity contribution in [2.45, 2.75) is 45.4 Å². The van der Waals surface area contributed by atoms with Crippen molar-refractivity contribution in [3.63, 3.8) is 0 Å². The first-order valence-electron chi connectivity index (χ1n) is 8.72. The second kappa shape index (κ2) is 9.19. The Kier molecular flexibility index (Phi) is 6.97. The number of amides is 3. The van der Waals surface area contributed by atoms with E-state index in [4.69, 9.17) is 10.6 Å². The molecule has 26 heavy (non-hydrogen) atoms. The molecule has 1 aromatic carbocycles. The Hall–Kier alpha value is -2.61. The van der Waals surface area contributed by atoms with Crippen LogP contribution in [0.4, 0.5) is 4.79 Å². The van der Waals surface area contributed by atoms with Gasteiger partial charge in [0.15, 0.2) is 0 Å². The van der Waals surface area contributed by atoms with Crippen molar-refractivity contribution in [1.82, 2.24) is 15.6 Å². The van der Waals surface area contributed by atoms with E-state index in [1.165, 1.54) is 4.90 Å². The van der Waals surface area contributed by atoms with Gasteiger partial charge in [-0.3, -0.25) is 19.9 Å². The van der Waals surface area contributed by atoms with E-state index in [1.54, 1.807) is 13.8 Å². The number of benzene rings is 1. The van der Waals surface area contributed by atoms with Crippen LogP contribution in [0, 0.1) is 5.92 Å². The van der Waals surface area contributed by atoms with Crippen LogP contribution in [0.25, 0.3) is 0 Å². The summed E-state index contributed by atoms with van der Waals surface area (Å²) in [6, 6.07) is 7.93. The molecule has 142 valence electrons. The van der Waals surface area contributed by atoms with Crippen LogP contribution >= 0.6 is 0 Å². The van der Waals surface area contributed by atoms with Gasteiger partial charge in [0, 0.05) is 6.54 Å². The summed E-state index contributed by atoms with van der Waals surface area (Å²) in [6.07, 6.45) is 0.700. The number of hydrogen-bond donors (Lipinski definition) is 3. The van der Waals surface area contributed by atoms with E-state index in [2.05, 4.69) is 10.7 Å². The highest BCUT2D eigenvalue weighted by molar-refractivity contribution is 5.91. The fraction of sp³-hybridized carbons (Fsp3) is 0.500. The Bertz CT molecular complexity index is 635. The molecule has 1 aromatic rings. The molecule has 1 aliphatic heterocycles. The number of carbonyl (C=O) groups excluding carboxylic acids is 3. The maximum absolute atomic E-state index is 12.6. The summed E-state index contributed by atoms with van der Waals surface area (Å²) in [6.45, 7) is 4.21. The first-order valence-corrected chi connectivity index (χ1v) is 8.72. The summed E-state index contributed by atoms with van der Waals surface area (Å²) >= 11 is 0. The van der Waals surface area contributed by atoms with Gasteiger partial charge in [0.25, 0.3) is 5.91 Å². The molecule has 1 fully saturated rings. The summed E-state index contributed by atoms with van der Waals surface area (Å²) in [5, 5.41) is 2.69. The van der Waals surface area contributed by atoms with Crippen LogP contribution < -0.4 is 16.6 Å². The normalized spacial score (nSPS) is 17.7. The van der Waals surface area contributed by atoms with Crippen LogP contribution in [0.2, 0.25) is 0 Å². The Morgan fingerprint density at radius 1 is 1.27 bits per heavy atom. The van der Waals surface area contributed by atoms with Gasteiger partial charge in [-0.25, -0.2) is 10.6 Å². The first-order chi connectivity index (χ1) is 12.4. The first kappa shape index (κ1) is 19.7. The maximum atomic E-state index is 12.6. The second-order valence-corrected chi connectivity index (χ2v) is 6.63. The molecule has 0 aromatic heterocycles. The summed E-state index contributed by atoms with van der Waals surface area (Å²) in [4.78, 5) is 38.2. The number of rotatable bonds is 6. The predicted octanol–water partition coefficient (Wildman–Crippen LogP) is 0.918. The molecule has 0 unspecified atom stereocenters. The molecule has 0 bridgehead atoms. The molecular formula is C18H26N4O4. The molecule has 8 heteroatoms. The number of hydrazine groups is 1. The van der Waals surface area contributed by atoms with E-state index in [0.29, 0.717) is 19.4 Å². The zero-order chi connectivity index (χ0) is 19.1. The lowest BCUT2D eigenvalue weighted by atomic mass is 10.0. The third-order valence-corrected chi connectivity index (χ3v) is 4.38. The number of nitrogens with one attached hydrogen (secondary N) is 2. The number of carbonyl (C=O) groups is 3. The topological polar surface area (TPSA) is 114 Å². The largest absolute Gasteiger partial charge is 0.445 e. The number of likely N-dealkylation sites (tertiary alicyclic amines) is 1. The summed E-state index contributed by atoms with van der Waals surface area (Å²) in [7, 11) is 0. The van der Waals surface area contributed by atoms with E-state index in [9.17, 15) is 14.4 Å². The van der Waals surface area contributed by atoms with Gasteiger partial charge >= 0.3 is 6.09 Å². The third-order valence-electron chi connectivity index (χ3n) is 4.38. The standard InChI is InChI=1S/C18H26N4O4/c1-12(2)15(17(24)21-19)20-16(23)14-9-6-10-22(14)18(25)26-11-13-7-4-3-5-8-13/h3-5,7-8,12,14-15H,6,9-11,19H2,1-2H3,(H,20,23)(H,21,24)/t14-,15-/m0/s1. The van der Waals surface area contributed by atoms with Gasteiger partial charge in [0.1, 0.15) is 18.7 Å². The monoisotopic (exact) mass is 362 g/mol. The molecule has 1 aliphatic rings. The third kappa shape index (κ3) is 4.95. The minimum atomic E-state index is -0.754. The van der Waals surface area contributed by atoms with Crippen molar-refractivity contribution in [2.24, 2.45) is 11.8 Å². The molecule has 1 saturated heterocycles. The minimum absolute atomic E-state index is 0.137. The molecule has 3 amide bonds. The van der Waals surface area contributed by atoms with E-state index >= 15 is 0 Å². The average Bonchev–Trinajstić information content (AvgIpc) is 3.14. The predicted molar refractivity (Wildman–Crippen MR) is 95.5 cm³/mol. The molecule has 0 aliphatic carbocycles. The van der Waals surface area contributed by atoms with Crippen molar-refractivity contribution in [2.75, 3.05) is 6.54 Å². The van der Waals surface area contributed by atoms with E-state index < -0.39 is 24.1 Å². The Morgan fingerprint density at radius 2 is 1.96 bits per heavy atom. The number of ether oxygens (including phenoxy) is 1. The van der Waals surface area contributed by atoms with E-state index in [-0.39, 0.29) is 18.4 Å². The van der Waals surface area contributed by atoms with Gasteiger partial charge in [-0.15, -0.1) is 0 Å². The van der Waals surface area contributed by atoms with Gasteiger partial charge in [-0.05, 0) is 24.3 Å². The molecule has 4 N–H and O–H groups in total. The van der Waals surface area contributed by atoms with Crippen molar-refractivity contribution in [3.8, 4) is 0 Å². The van der Waals surface area contributed by atoms with Crippen molar-refractivity contribution in [3.05, 3.63) is 35.9 Å². The molecular weight excluding hydrogens is 336 g/mol. The maximum Gasteiger partial charge on any atom is 0.410 e. The fourth-order valence-electron chi connectivity index (χ4n) is 2.93. The van der Waals surface area contributed by atoms with Crippen molar-refractivity contribution >= 4 is 17.9 Å². The van der Waals surface area contributed by atoms with Gasteiger partial charge in [-0.1, -0.05) is 44.2 Å². The van der Waals surface area contributed by atoms with E-state index in [1.807, 2.05) is 30.3 Å². The van der Waals surface area contributed by atoms with Crippen LogP contribution in [0.3, 0.4) is 0 Å². The molecule has 0 saturated carbocycles. The molecule has 0 radical (unpaired) electrons. The van der Waals surface area contributed by atoms with Gasteiger partial charge in [-0.2, -0.15) is 0 Å². The molecule has 2 rings (SSSR count). The molecule has 1 heterocycles. The minimum Gasteiger partial charge on any atom is -0.445 e. The fourth-order valence-corrected chi connectivity index (χ4v) is 2.93. The highest BCUT2D eigenvalue weighted by atomic mass is 16.6. The Morgan fingerprint density at radius 3 is 2.58 bits per heavy atom. The number of nitrogens with two attached hydrogens (primary N) is 1. The van der Waals surface area contributed by atoms with Crippen LogP contribution in [-0.4, -0.2) is 41.4 Å². The lowest BCUT2D eigenvalue weighted by Crippen LogP contribution is -2.56. The van der Waals surface area contributed by atoms with Crippen molar-refractivity contribution in [1.29, 1.82) is 0 Å². The highest BCUT2D eigenvalue weighted by Crippen LogP contribution is 2.19. The smallest absolute Gasteiger partial charge is 0.410 e. The van der Waals surface area contributed by atoms with Crippen LogP contribution in [0.5, 0.6) is 0 Å². The lowest BCUT2D eigenvalue weighted by Gasteiger charge is -2.26. The quantitative estimate of drug-likeness (QED) is 0.396. The zero-order valence-corrected chi connectivity index (χ0v) is 15.1. The summed E-state index contributed by atoms with van der Waals surface area (Å²) < 4.78 is 5.32. The van der Waals surface area contributed by atoms with Crippen LogP contribution in [-0.2, 0) is 20.9 Å². The molecule has 8 nitrogen and oxygen atoms in total. The lowest BCUT2D eigenvalue weighted by molar-refractivity contribution is -0.132. The molecule has 0 spiro atoms. The SMILES string of the molecule is CC(C)[C@H](NC(=O)[C@@H]1CCCN1C(=O)OCc1ccccc1)C(=O)NN. The highest BCUT2D eigenvalue weighted by Gasteiger charge is 2.37. The summed E-state index contributed by atoms with van der Waals surface area (Å²) in [5.74, 6) is 4.20. The number of hydrogen-bond acceptors (Lipinski definition) is 5. The van der Waals surface area contributed by atoms with Crippen molar-refractivity contribution < 1.29 is 19.1 Å². The van der Waals surface area contributed by atoms with Crippen LogP contribution in [0.15, 0.2) is 30.3 Å². The zero-order valence-electron chi connectivity index (χ0n) is 15.1. The van der Waals surface area contributed by atoms with Gasteiger partial charge in [0.05, 0.1) is 0 Å². The van der Waals surface area contributed by atoms with Gasteiger partial charge < -0.3 is 10.1 Å². The summed E-state index contributed by atoms with van der Waals surface area (Å²) in [5.41, 5.74) is 2.93. The second-order valence-electron chi connectivity index (χ2n) is 6.63.